The van der Waals surface area contributed by atoms with Crippen molar-refractivity contribution in [2.45, 2.75) is 60.0 Å². The number of aryl methyl sites for hydroxylation is 2. The fourth-order valence-corrected chi connectivity index (χ4v) is 10.9. The Balaban J connectivity index is 1.63. The first-order chi connectivity index (χ1) is 20.7. The Morgan fingerprint density at radius 2 is 1.86 bits per heavy atom. The Bertz CT molecular complexity index is 1380. The molecular formula is C34H39BrN2O5S. The number of nitrogens with zero attached hydrogens (tertiary/aromatic N) is 2. The van der Waals surface area contributed by atoms with Crippen LogP contribution in [0.1, 0.15) is 42.0 Å². The smallest absolute Gasteiger partial charge is 0.310 e. The number of esters is 1. The molecule has 0 aliphatic carbocycles. The number of rotatable bonds is 12. The van der Waals surface area contributed by atoms with Crippen molar-refractivity contribution < 1.29 is 24.2 Å². The SMILES string of the molecule is C=CCCCOC(=O)[C@H]1[C@@H]2SC3(CC2Br)C(C(=O)N(CC=C)c2c(C)cccc2C)N([C@H](CO)c2ccccc2)C(=O)[C@H]13. The molecule has 1 spiro atoms. The Hall–Kier alpha value is -2.88. The number of hydrogen-bond donors (Lipinski definition) is 1. The number of anilines is 1. The third-order valence-electron chi connectivity index (χ3n) is 9.01. The van der Waals surface area contributed by atoms with Gasteiger partial charge in [-0.2, -0.15) is 0 Å². The van der Waals surface area contributed by atoms with E-state index in [-0.39, 0.29) is 41.6 Å². The van der Waals surface area contributed by atoms with Gasteiger partial charge in [-0.05, 0) is 49.8 Å². The summed E-state index contributed by atoms with van der Waals surface area (Å²) in [6.07, 6.45) is 5.38. The van der Waals surface area contributed by atoms with Crippen molar-refractivity contribution in [1.29, 1.82) is 0 Å². The first-order valence-corrected chi connectivity index (χ1v) is 16.6. The zero-order valence-electron chi connectivity index (χ0n) is 24.7. The molecule has 228 valence electrons. The van der Waals surface area contributed by atoms with E-state index in [4.69, 9.17) is 4.74 Å². The number of para-hydroxylation sites is 1. The summed E-state index contributed by atoms with van der Waals surface area (Å²) in [5.41, 5.74) is 3.38. The number of carbonyl (C=O) groups excluding carboxylic acids is 3. The fraction of sp³-hybridized carbons (Fsp3) is 0.441. The van der Waals surface area contributed by atoms with Gasteiger partial charge in [-0.15, -0.1) is 24.9 Å². The lowest BCUT2D eigenvalue weighted by molar-refractivity contribution is -0.154. The number of aliphatic hydroxyl groups excluding tert-OH is 1. The topological polar surface area (TPSA) is 87.2 Å². The van der Waals surface area contributed by atoms with Crippen LogP contribution in [0.4, 0.5) is 5.69 Å². The summed E-state index contributed by atoms with van der Waals surface area (Å²) in [4.78, 5) is 46.6. The van der Waals surface area contributed by atoms with Crippen LogP contribution in [0.3, 0.4) is 0 Å². The maximum Gasteiger partial charge on any atom is 0.310 e. The molecular weight excluding hydrogens is 628 g/mol. The van der Waals surface area contributed by atoms with E-state index in [1.54, 1.807) is 33.7 Å². The summed E-state index contributed by atoms with van der Waals surface area (Å²) in [6, 6.07) is 13.5. The number of likely N-dealkylation sites (tertiary alicyclic amines) is 1. The number of fused-ring (bicyclic) bond motifs is 1. The first kappa shape index (κ1) is 31.5. The van der Waals surface area contributed by atoms with E-state index in [0.29, 0.717) is 12.8 Å². The lowest BCUT2D eigenvalue weighted by atomic mass is 9.71. The van der Waals surface area contributed by atoms with Gasteiger partial charge in [0.2, 0.25) is 5.91 Å². The van der Waals surface area contributed by atoms with E-state index >= 15 is 4.79 Å². The highest BCUT2D eigenvalue weighted by Gasteiger charge is 2.76. The molecule has 2 aromatic carbocycles. The van der Waals surface area contributed by atoms with Crippen molar-refractivity contribution in [2.75, 3.05) is 24.7 Å². The Kier molecular flexibility index (Phi) is 9.54. The predicted octanol–water partition coefficient (Wildman–Crippen LogP) is 5.53. The van der Waals surface area contributed by atoms with Crippen molar-refractivity contribution in [3.8, 4) is 0 Å². The van der Waals surface area contributed by atoms with Gasteiger partial charge in [0.25, 0.3) is 5.91 Å². The maximum atomic E-state index is 15.0. The molecule has 3 saturated heterocycles. The van der Waals surface area contributed by atoms with Crippen LogP contribution < -0.4 is 4.90 Å². The number of thioether (sulfide) groups is 1. The largest absolute Gasteiger partial charge is 0.465 e. The second kappa shape index (κ2) is 13.0. The Labute approximate surface area is 266 Å². The lowest BCUT2D eigenvalue weighted by Crippen LogP contribution is -2.56. The van der Waals surface area contributed by atoms with Gasteiger partial charge in [0, 0.05) is 22.3 Å². The number of allylic oxidation sites excluding steroid dienone is 1. The standard InChI is InChI=1S/C34H39BrN2O5S/c1-5-7-11-18-42-33(41)26-27-31(39)37(25(20-38)23-15-9-8-10-16-23)30(34(27)19-24(35)29(26)43-34)32(40)36(17-6-2)28-21(3)13-12-14-22(28)4/h5-6,8-10,12-16,24-27,29-30,38H,1-2,7,11,17-20H2,3-4H3/t24?,25-,26-,27+,29-,30?,34?/m1/s1. The molecule has 7 atom stereocenters. The average molecular weight is 668 g/mol. The first-order valence-electron chi connectivity index (χ1n) is 14.8. The van der Waals surface area contributed by atoms with Crippen molar-refractivity contribution >= 4 is 51.2 Å². The molecule has 3 fully saturated rings. The van der Waals surface area contributed by atoms with Gasteiger partial charge >= 0.3 is 5.97 Å². The third-order valence-corrected chi connectivity index (χ3v) is 12.2. The minimum absolute atomic E-state index is 0.0834. The van der Waals surface area contributed by atoms with Crippen molar-refractivity contribution in [1.82, 2.24) is 4.90 Å². The highest BCUT2D eigenvalue weighted by atomic mass is 79.9. The van der Waals surface area contributed by atoms with Gasteiger partial charge < -0.3 is 19.6 Å². The number of amides is 2. The van der Waals surface area contributed by atoms with E-state index < -0.39 is 34.6 Å². The van der Waals surface area contributed by atoms with Crippen molar-refractivity contribution in [3.05, 3.63) is 90.5 Å². The monoisotopic (exact) mass is 666 g/mol. The highest BCUT2D eigenvalue weighted by molar-refractivity contribution is 9.09. The number of alkyl halides is 1. The summed E-state index contributed by atoms with van der Waals surface area (Å²) in [5, 5.41) is 10.6. The zero-order valence-corrected chi connectivity index (χ0v) is 27.1. The number of hydrogen-bond acceptors (Lipinski definition) is 6. The molecule has 0 radical (unpaired) electrons. The third kappa shape index (κ3) is 5.38. The minimum atomic E-state index is -0.921. The second-order valence-corrected chi connectivity index (χ2v) is 14.3. The molecule has 3 aliphatic heterocycles. The van der Waals surface area contributed by atoms with Crippen LogP contribution in [0.15, 0.2) is 73.8 Å². The molecule has 2 bridgehead atoms. The number of aliphatic hydroxyl groups is 1. The zero-order chi connectivity index (χ0) is 30.9. The molecule has 3 unspecified atom stereocenters. The number of ether oxygens (including phenoxy) is 1. The number of unbranched alkanes of at least 4 members (excludes halogenated alkanes) is 1. The number of carbonyl (C=O) groups is 3. The van der Waals surface area contributed by atoms with Crippen LogP contribution in [-0.4, -0.2) is 68.4 Å². The summed E-state index contributed by atoms with van der Waals surface area (Å²) in [5.74, 6) is -2.39. The lowest BCUT2D eigenvalue weighted by Gasteiger charge is -2.40. The van der Waals surface area contributed by atoms with Gasteiger partial charge in [0.1, 0.15) is 6.04 Å². The van der Waals surface area contributed by atoms with E-state index in [9.17, 15) is 14.7 Å². The van der Waals surface area contributed by atoms with E-state index in [1.165, 1.54) is 0 Å². The molecule has 43 heavy (non-hydrogen) atoms. The molecule has 0 saturated carbocycles. The van der Waals surface area contributed by atoms with Crippen LogP contribution in [0, 0.1) is 25.7 Å². The number of halogens is 1. The maximum absolute atomic E-state index is 15.0. The van der Waals surface area contributed by atoms with Gasteiger partial charge in [-0.1, -0.05) is 76.6 Å². The molecule has 9 heteroatoms. The molecule has 5 rings (SSSR count). The summed E-state index contributed by atoms with van der Waals surface area (Å²) in [6.45, 7) is 11.7. The number of benzene rings is 2. The molecule has 7 nitrogen and oxygen atoms in total. The summed E-state index contributed by atoms with van der Waals surface area (Å²) in [7, 11) is 0. The fourth-order valence-electron chi connectivity index (χ4n) is 7.28. The normalized spacial score (nSPS) is 28.0. The van der Waals surface area contributed by atoms with Crippen LogP contribution in [-0.2, 0) is 19.1 Å². The highest BCUT2D eigenvalue weighted by Crippen LogP contribution is 2.68. The summed E-state index contributed by atoms with van der Waals surface area (Å²) >= 11 is 5.38. The summed E-state index contributed by atoms with van der Waals surface area (Å²) < 4.78 is 4.84. The van der Waals surface area contributed by atoms with Crippen LogP contribution in [0.2, 0.25) is 0 Å². The Morgan fingerprint density at radius 1 is 1.16 bits per heavy atom. The van der Waals surface area contributed by atoms with E-state index in [1.807, 2.05) is 62.4 Å². The van der Waals surface area contributed by atoms with E-state index in [2.05, 4.69) is 29.1 Å². The Morgan fingerprint density at radius 3 is 2.49 bits per heavy atom. The van der Waals surface area contributed by atoms with Gasteiger partial charge in [0.05, 0.1) is 35.8 Å². The average Bonchev–Trinajstić information content (AvgIpc) is 3.59. The molecule has 1 N–H and O–H groups in total. The van der Waals surface area contributed by atoms with Crippen LogP contribution >= 0.6 is 27.7 Å². The van der Waals surface area contributed by atoms with Crippen LogP contribution in [0.5, 0.6) is 0 Å². The molecule has 2 amide bonds. The molecule has 0 aromatic heterocycles. The molecule has 2 aromatic rings. The van der Waals surface area contributed by atoms with Gasteiger partial charge in [0.15, 0.2) is 0 Å². The van der Waals surface area contributed by atoms with Crippen molar-refractivity contribution in [3.63, 3.8) is 0 Å². The van der Waals surface area contributed by atoms with Crippen molar-refractivity contribution in [2.24, 2.45) is 11.8 Å². The predicted molar refractivity (Wildman–Crippen MR) is 174 cm³/mol. The second-order valence-electron chi connectivity index (χ2n) is 11.6. The molecule has 3 aliphatic rings. The van der Waals surface area contributed by atoms with Gasteiger partial charge in [-0.3, -0.25) is 14.4 Å². The molecule has 3 heterocycles. The van der Waals surface area contributed by atoms with Gasteiger partial charge in [-0.25, -0.2) is 0 Å². The minimum Gasteiger partial charge on any atom is -0.465 e. The van der Waals surface area contributed by atoms with E-state index in [0.717, 1.165) is 28.8 Å². The quantitative estimate of drug-likeness (QED) is 0.139. The van der Waals surface area contributed by atoms with Crippen LogP contribution in [0.25, 0.3) is 0 Å².